The zero-order chi connectivity index (χ0) is 16.9. The van der Waals surface area contributed by atoms with Crippen molar-refractivity contribution in [1.29, 1.82) is 0 Å². The van der Waals surface area contributed by atoms with Gasteiger partial charge in [-0.3, -0.25) is 9.59 Å². The molecule has 22 heavy (non-hydrogen) atoms. The minimum absolute atomic E-state index is 0.0416. The summed E-state index contributed by atoms with van der Waals surface area (Å²) in [6, 6.07) is 4.83. The van der Waals surface area contributed by atoms with E-state index in [0.717, 1.165) is 0 Å². The first kappa shape index (κ1) is 17.8. The molecule has 0 spiro atoms. The maximum absolute atomic E-state index is 12.5. The number of benzene rings is 1. The maximum atomic E-state index is 12.5. The Morgan fingerprint density at radius 1 is 1.18 bits per heavy atom. The summed E-state index contributed by atoms with van der Waals surface area (Å²) in [5.74, 6) is -0.377. The summed E-state index contributed by atoms with van der Waals surface area (Å²) >= 11 is 0. The topological polar surface area (TPSA) is 84.9 Å². The first-order valence-electron chi connectivity index (χ1n) is 6.99. The van der Waals surface area contributed by atoms with Crippen LogP contribution in [0.1, 0.15) is 37.6 Å². The van der Waals surface area contributed by atoms with Gasteiger partial charge in [0.1, 0.15) is 11.5 Å². The molecule has 0 fully saturated rings. The van der Waals surface area contributed by atoms with E-state index in [1.54, 1.807) is 25.1 Å². The van der Waals surface area contributed by atoms with Gasteiger partial charge in [0.05, 0.1) is 26.2 Å². The molecule has 0 aliphatic heterocycles. The molecule has 0 bridgehead atoms. The summed E-state index contributed by atoms with van der Waals surface area (Å²) in [7, 11) is 3.00. The molecule has 0 saturated heterocycles. The van der Waals surface area contributed by atoms with Crippen molar-refractivity contribution >= 4 is 11.9 Å². The van der Waals surface area contributed by atoms with Crippen LogP contribution in [0.15, 0.2) is 18.2 Å². The summed E-state index contributed by atoms with van der Waals surface area (Å²) in [5, 5.41) is 11.9. The fourth-order valence-electron chi connectivity index (χ4n) is 1.98. The number of ether oxygens (including phenoxy) is 2. The van der Waals surface area contributed by atoms with Gasteiger partial charge in [-0.2, -0.15) is 0 Å². The van der Waals surface area contributed by atoms with E-state index in [1.807, 2.05) is 13.8 Å². The van der Waals surface area contributed by atoms with Crippen molar-refractivity contribution < 1.29 is 24.2 Å². The van der Waals surface area contributed by atoms with Crippen molar-refractivity contribution in [1.82, 2.24) is 5.32 Å². The van der Waals surface area contributed by atoms with Crippen molar-refractivity contribution in [2.24, 2.45) is 5.92 Å². The molecule has 122 valence electrons. The monoisotopic (exact) mass is 309 g/mol. The third-order valence-corrected chi connectivity index (χ3v) is 3.81. The smallest absolute Gasteiger partial charge is 0.305 e. The van der Waals surface area contributed by atoms with Gasteiger partial charge in [-0.1, -0.05) is 13.8 Å². The van der Waals surface area contributed by atoms with Crippen molar-refractivity contribution in [2.45, 2.75) is 32.7 Å². The van der Waals surface area contributed by atoms with Gasteiger partial charge < -0.3 is 19.9 Å². The molecule has 2 N–H and O–H groups in total. The van der Waals surface area contributed by atoms with E-state index in [0.29, 0.717) is 17.1 Å². The normalized spacial score (nSPS) is 13.4. The third-order valence-electron chi connectivity index (χ3n) is 3.81. The molecule has 0 heterocycles. The van der Waals surface area contributed by atoms with E-state index >= 15 is 0 Å². The zero-order valence-electron chi connectivity index (χ0n) is 13.6. The van der Waals surface area contributed by atoms with Gasteiger partial charge in [0.25, 0.3) is 5.91 Å². The fourth-order valence-corrected chi connectivity index (χ4v) is 1.98. The van der Waals surface area contributed by atoms with Crippen LogP contribution < -0.4 is 14.8 Å². The molecule has 1 atom stereocenters. The quantitative estimate of drug-likeness (QED) is 0.807. The van der Waals surface area contributed by atoms with Crippen LogP contribution >= 0.6 is 0 Å². The van der Waals surface area contributed by atoms with E-state index in [1.165, 1.54) is 14.2 Å². The minimum atomic E-state index is -0.959. The number of aliphatic carboxylic acids is 1. The van der Waals surface area contributed by atoms with Crippen LogP contribution in [0.5, 0.6) is 11.5 Å². The first-order valence-corrected chi connectivity index (χ1v) is 6.99. The van der Waals surface area contributed by atoms with Crippen LogP contribution in [0.3, 0.4) is 0 Å². The first-order chi connectivity index (χ1) is 10.2. The number of hydrogen-bond donors (Lipinski definition) is 2. The van der Waals surface area contributed by atoms with Gasteiger partial charge in [0.2, 0.25) is 0 Å². The summed E-state index contributed by atoms with van der Waals surface area (Å²) in [6.45, 7) is 5.46. The van der Waals surface area contributed by atoms with E-state index < -0.39 is 11.5 Å². The Labute approximate surface area is 130 Å². The standard InChI is InChI=1S/C16H23NO5/c1-10(2)16(3,9-14(18)19)17-15(20)11-6-12(21-4)8-13(7-11)22-5/h6-8,10H,9H2,1-5H3,(H,17,20)(H,18,19). The number of carbonyl (C=O) groups excluding carboxylic acids is 1. The van der Waals surface area contributed by atoms with E-state index in [-0.39, 0.29) is 18.2 Å². The molecule has 0 saturated carbocycles. The number of nitrogens with one attached hydrogen (secondary N) is 1. The molecule has 1 aromatic rings. The summed E-state index contributed by atoms with van der Waals surface area (Å²) in [6.07, 6.45) is -0.155. The largest absolute Gasteiger partial charge is 0.497 e. The average Bonchev–Trinajstić information content (AvgIpc) is 2.45. The number of carboxylic acids is 1. The predicted octanol–water partition coefficient (Wildman–Crippen LogP) is 2.32. The molecule has 1 aromatic carbocycles. The summed E-state index contributed by atoms with van der Waals surface area (Å²) < 4.78 is 10.3. The van der Waals surface area contributed by atoms with Gasteiger partial charge >= 0.3 is 5.97 Å². The number of methoxy groups -OCH3 is 2. The second-order valence-electron chi connectivity index (χ2n) is 5.70. The van der Waals surface area contributed by atoms with Crippen LogP contribution in [-0.4, -0.2) is 36.7 Å². The maximum Gasteiger partial charge on any atom is 0.305 e. The molecule has 0 aromatic heterocycles. The Morgan fingerprint density at radius 3 is 2.05 bits per heavy atom. The van der Waals surface area contributed by atoms with Crippen LogP contribution in [0.2, 0.25) is 0 Å². The van der Waals surface area contributed by atoms with E-state index in [2.05, 4.69) is 5.32 Å². The lowest BCUT2D eigenvalue weighted by Gasteiger charge is -2.33. The van der Waals surface area contributed by atoms with Gasteiger partial charge in [0, 0.05) is 11.6 Å². The van der Waals surface area contributed by atoms with Crippen molar-refractivity contribution in [3.05, 3.63) is 23.8 Å². The van der Waals surface area contributed by atoms with Crippen molar-refractivity contribution in [3.8, 4) is 11.5 Å². The molecule has 1 unspecified atom stereocenters. The molecule has 0 radical (unpaired) electrons. The van der Waals surface area contributed by atoms with Crippen LogP contribution in [0.4, 0.5) is 0 Å². The number of amides is 1. The minimum Gasteiger partial charge on any atom is -0.497 e. The number of hydrogen-bond acceptors (Lipinski definition) is 4. The van der Waals surface area contributed by atoms with Gasteiger partial charge in [-0.15, -0.1) is 0 Å². The molecule has 0 aliphatic rings. The van der Waals surface area contributed by atoms with Gasteiger partial charge in [-0.25, -0.2) is 0 Å². The summed E-state index contributed by atoms with van der Waals surface area (Å²) in [4.78, 5) is 23.5. The fraction of sp³-hybridized carbons (Fsp3) is 0.500. The van der Waals surface area contributed by atoms with Crippen LogP contribution in [0.25, 0.3) is 0 Å². The highest BCUT2D eigenvalue weighted by molar-refractivity contribution is 5.95. The second kappa shape index (κ2) is 7.15. The molecule has 0 aliphatic carbocycles. The van der Waals surface area contributed by atoms with Crippen LogP contribution in [0, 0.1) is 5.92 Å². The van der Waals surface area contributed by atoms with E-state index in [4.69, 9.17) is 14.6 Å². The lowest BCUT2D eigenvalue weighted by Crippen LogP contribution is -2.51. The molecule has 6 heteroatoms. The third kappa shape index (κ3) is 4.38. The Hall–Kier alpha value is -2.24. The van der Waals surface area contributed by atoms with Gasteiger partial charge in [0.15, 0.2) is 0 Å². The second-order valence-corrected chi connectivity index (χ2v) is 5.70. The van der Waals surface area contributed by atoms with Gasteiger partial charge in [-0.05, 0) is 25.0 Å². The highest BCUT2D eigenvalue weighted by atomic mass is 16.5. The van der Waals surface area contributed by atoms with Crippen molar-refractivity contribution in [3.63, 3.8) is 0 Å². The molecule has 6 nitrogen and oxygen atoms in total. The average molecular weight is 309 g/mol. The highest BCUT2D eigenvalue weighted by Crippen LogP contribution is 2.25. The summed E-state index contributed by atoms with van der Waals surface area (Å²) in [5.41, 5.74) is -0.493. The lowest BCUT2D eigenvalue weighted by atomic mass is 9.85. The zero-order valence-corrected chi connectivity index (χ0v) is 13.6. The lowest BCUT2D eigenvalue weighted by molar-refractivity contribution is -0.138. The molecular weight excluding hydrogens is 286 g/mol. The molecule has 1 amide bonds. The molecular formula is C16H23NO5. The number of carboxylic acid groups (broad SMARTS) is 1. The Balaban J connectivity index is 3.07. The molecule has 1 rings (SSSR count). The highest BCUT2D eigenvalue weighted by Gasteiger charge is 2.33. The number of carbonyl (C=O) groups is 2. The number of rotatable bonds is 7. The SMILES string of the molecule is COc1cc(OC)cc(C(=O)NC(C)(CC(=O)O)C(C)C)c1. The predicted molar refractivity (Wildman–Crippen MR) is 82.5 cm³/mol. The Kier molecular flexibility index (Phi) is 5.79. The van der Waals surface area contributed by atoms with E-state index in [9.17, 15) is 9.59 Å². The Bertz CT molecular complexity index is 533. The Morgan fingerprint density at radius 2 is 1.68 bits per heavy atom. The van der Waals surface area contributed by atoms with Crippen LogP contribution in [-0.2, 0) is 4.79 Å². The van der Waals surface area contributed by atoms with Crippen molar-refractivity contribution in [2.75, 3.05) is 14.2 Å².